The van der Waals surface area contributed by atoms with Crippen LogP contribution in [0, 0.1) is 5.92 Å². The van der Waals surface area contributed by atoms with Crippen molar-refractivity contribution >= 4 is 5.95 Å². The molecule has 28 heavy (non-hydrogen) atoms. The molecule has 144 valence electrons. The second kappa shape index (κ2) is 7.90. The highest BCUT2D eigenvalue weighted by atomic mass is 16.3. The monoisotopic (exact) mass is 376 g/mol. The molecule has 0 saturated carbocycles. The van der Waals surface area contributed by atoms with Crippen LogP contribution in [0.15, 0.2) is 48.9 Å². The summed E-state index contributed by atoms with van der Waals surface area (Å²) in [4.78, 5) is 10.7. The lowest BCUT2D eigenvalue weighted by Crippen LogP contribution is -2.53. The molecule has 0 bridgehead atoms. The highest BCUT2D eigenvalue weighted by Gasteiger charge is 2.23. The summed E-state index contributed by atoms with van der Waals surface area (Å²) in [6.45, 7) is 7.05. The summed E-state index contributed by atoms with van der Waals surface area (Å²) < 4.78 is 0. The van der Waals surface area contributed by atoms with Crippen LogP contribution in [0.4, 0.5) is 5.95 Å². The maximum Gasteiger partial charge on any atom is 0.245 e. The summed E-state index contributed by atoms with van der Waals surface area (Å²) in [6.07, 6.45) is 5.14. The summed E-state index contributed by atoms with van der Waals surface area (Å²) in [5.74, 6) is 1.33. The van der Waals surface area contributed by atoms with Crippen molar-refractivity contribution in [3.63, 3.8) is 0 Å². The smallest absolute Gasteiger partial charge is 0.245 e. The van der Waals surface area contributed by atoms with Crippen molar-refractivity contribution in [2.24, 2.45) is 5.92 Å². The number of benzene rings is 1. The molecule has 2 aromatic heterocycles. The molecule has 1 fully saturated rings. The van der Waals surface area contributed by atoms with Crippen molar-refractivity contribution < 1.29 is 5.11 Å². The zero-order valence-electron chi connectivity index (χ0n) is 16.1. The maximum absolute atomic E-state index is 10.5. The lowest BCUT2D eigenvalue weighted by atomic mass is 10.0. The van der Waals surface area contributed by atoms with E-state index in [9.17, 15) is 5.11 Å². The van der Waals surface area contributed by atoms with Gasteiger partial charge in [0.1, 0.15) is 11.4 Å². The Labute approximate surface area is 164 Å². The van der Waals surface area contributed by atoms with Gasteiger partial charge in [-0.25, -0.2) is 4.98 Å². The zero-order valence-corrected chi connectivity index (χ0v) is 16.1. The molecular formula is C21H24N6O. The highest BCUT2D eigenvalue weighted by Crippen LogP contribution is 2.32. The number of phenols is 1. The molecular weight excluding hydrogens is 352 g/mol. The molecule has 1 atom stereocenters. The Hall–Kier alpha value is -3.06. The van der Waals surface area contributed by atoms with E-state index in [-0.39, 0.29) is 5.75 Å². The number of rotatable bonds is 4. The van der Waals surface area contributed by atoms with Gasteiger partial charge in [-0.3, -0.25) is 4.98 Å². The average molecular weight is 376 g/mol. The number of anilines is 1. The minimum atomic E-state index is 0.153. The fourth-order valence-corrected chi connectivity index (χ4v) is 3.42. The molecule has 0 amide bonds. The molecule has 1 aromatic carbocycles. The van der Waals surface area contributed by atoms with E-state index in [1.807, 2.05) is 24.3 Å². The van der Waals surface area contributed by atoms with Gasteiger partial charge in [0.25, 0.3) is 0 Å². The van der Waals surface area contributed by atoms with E-state index in [1.165, 1.54) is 0 Å². The quantitative estimate of drug-likeness (QED) is 0.724. The fourth-order valence-electron chi connectivity index (χ4n) is 3.42. The van der Waals surface area contributed by atoms with Gasteiger partial charge in [0.2, 0.25) is 5.95 Å². The third-order valence-electron chi connectivity index (χ3n) is 5.13. The minimum absolute atomic E-state index is 0.153. The van der Waals surface area contributed by atoms with Gasteiger partial charge in [-0.15, -0.1) is 10.2 Å². The Balaban J connectivity index is 1.54. The minimum Gasteiger partial charge on any atom is -0.507 e. The molecule has 7 heteroatoms. The fraction of sp³-hybridized carbons (Fsp3) is 0.333. The predicted molar refractivity (Wildman–Crippen MR) is 109 cm³/mol. The second-order valence-electron chi connectivity index (χ2n) is 7.36. The average Bonchev–Trinajstić information content (AvgIpc) is 2.74. The number of hydrogen-bond acceptors (Lipinski definition) is 7. The van der Waals surface area contributed by atoms with Crippen LogP contribution in [0.2, 0.25) is 0 Å². The number of nitrogens with zero attached hydrogens (tertiary/aromatic N) is 5. The lowest BCUT2D eigenvalue weighted by molar-refractivity contribution is 0.365. The Bertz CT molecular complexity index is 929. The van der Waals surface area contributed by atoms with Gasteiger partial charge in [-0.05, 0) is 41.3 Å². The van der Waals surface area contributed by atoms with E-state index in [0.29, 0.717) is 29.2 Å². The summed E-state index contributed by atoms with van der Waals surface area (Å²) in [7, 11) is 0. The topological polar surface area (TPSA) is 87.1 Å². The Kier molecular flexibility index (Phi) is 5.16. The standard InChI is InChI=1S/C21H24N6O/c1-14(2)19-13-27(10-9-23-19)21-24-12-18(25-26-21)17-4-3-16(11-20(17)28)15-5-7-22-8-6-15/h3-8,11-12,14,19,23,28H,9-10,13H2,1-2H3/t19-/m1/s1. The van der Waals surface area contributed by atoms with Crippen molar-refractivity contribution in [3.05, 3.63) is 48.9 Å². The van der Waals surface area contributed by atoms with Gasteiger partial charge in [0, 0.05) is 43.6 Å². The Morgan fingerprint density at radius 2 is 1.93 bits per heavy atom. The SMILES string of the molecule is CC(C)[C@H]1CN(c2ncc(-c3ccc(-c4ccncc4)cc3O)nn2)CCN1. The van der Waals surface area contributed by atoms with E-state index in [2.05, 4.69) is 44.2 Å². The van der Waals surface area contributed by atoms with Gasteiger partial charge in [-0.2, -0.15) is 0 Å². The van der Waals surface area contributed by atoms with Crippen LogP contribution >= 0.6 is 0 Å². The zero-order chi connectivity index (χ0) is 19.5. The molecule has 0 aliphatic carbocycles. The van der Waals surface area contributed by atoms with Crippen molar-refractivity contribution in [1.82, 2.24) is 25.5 Å². The molecule has 0 unspecified atom stereocenters. The van der Waals surface area contributed by atoms with Crippen LogP contribution in [0.1, 0.15) is 13.8 Å². The van der Waals surface area contributed by atoms with Crippen LogP contribution < -0.4 is 10.2 Å². The maximum atomic E-state index is 10.5. The number of phenolic OH excluding ortho intramolecular Hbond substituents is 1. The van der Waals surface area contributed by atoms with Gasteiger partial charge < -0.3 is 15.3 Å². The molecule has 1 saturated heterocycles. The molecule has 2 N–H and O–H groups in total. The first-order valence-corrected chi connectivity index (χ1v) is 9.53. The third kappa shape index (κ3) is 3.80. The normalized spacial score (nSPS) is 17.1. The van der Waals surface area contributed by atoms with E-state index in [1.54, 1.807) is 24.7 Å². The van der Waals surface area contributed by atoms with E-state index in [4.69, 9.17) is 0 Å². The second-order valence-corrected chi connectivity index (χ2v) is 7.36. The third-order valence-corrected chi connectivity index (χ3v) is 5.13. The van der Waals surface area contributed by atoms with Crippen molar-refractivity contribution in [3.8, 4) is 28.1 Å². The lowest BCUT2D eigenvalue weighted by Gasteiger charge is -2.35. The van der Waals surface area contributed by atoms with Gasteiger partial charge in [0.15, 0.2) is 0 Å². The van der Waals surface area contributed by atoms with Crippen LogP contribution in [0.25, 0.3) is 22.4 Å². The highest BCUT2D eigenvalue weighted by molar-refractivity contribution is 5.73. The summed E-state index contributed by atoms with van der Waals surface area (Å²) in [5.41, 5.74) is 3.08. The van der Waals surface area contributed by atoms with Crippen LogP contribution in [-0.4, -0.2) is 50.9 Å². The van der Waals surface area contributed by atoms with E-state index in [0.717, 1.165) is 30.8 Å². The number of hydrogen-bond donors (Lipinski definition) is 2. The van der Waals surface area contributed by atoms with Gasteiger partial charge in [0.05, 0.1) is 6.20 Å². The van der Waals surface area contributed by atoms with Crippen LogP contribution in [0.3, 0.4) is 0 Å². The first kappa shape index (κ1) is 18.3. The number of aromatic hydroxyl groups is 1. The van der Waals surface area contributed by atoms with Crippen LogP contribution in [0.5, 0.6) is 5.75 Å². The Morgan fingerprint density at radius 1 is 1.11 bits per heavy atom. The van der Waals surface area contributed by atoms with Crippen molar-refractivity contribution in [2.75, 3.05) is 24.5 Å². The summed E-state index contributed by atoms with van der Waals surface area (Å²) >= 11 is 0. The molecule has 1 aliphatic heterocycles. The van der Waals surface area contributed by atoms with Crippen LogP contribution in [-0.2, 0) is 0 Å². The van der Waals surface area contributed by atoms with Gasteiger partial charge in [-0.1, -0.05) is 19.9 Å². The number of piperazine rings is 1. The van der Waals surface area contributed by atoms with E-state index < -0.39 is 0 Å². The first-order valence-electron chi connectivity index (χ1n) is 9.53. The van der Waals surface area contributed by atoms with Gasteiger partial charge >= 0.3 is 0 Å². The Morgan fingerprint density at radius 3 is 2.61 bits per heavy atom. The number of nitrogens with one attached hydrogen (secondary N) is 1. The largest absolute Gasteiger partial charge is 0.507 e. The predicted octanol–water partition coefficient (Wildman–Crippen LogP) is 2.74. The summed E-state index contributed by atoms with van der Waals surface area (Å²) in [5, 5.41) is 22.6. The number of aromatic nitrogens is 4. The first-order chi connectivity index (χ1) is 13.6. The molecule has 4 rings (SSSR count). The molecule has 0 radical (unpaired) electrons. The molecule has 3 heterocycles. The van der Waals surface area contributed by atoms with Crippen molar-refractivity contribution in [1.29, 1.82) is 0 Å². The number of pyridine rings is 1. The van der Waals surface area contributed by atoms with E-state index >= 15 is 0 Å². The van der Waals surface area contributed by atoms with Crippen molar-refractivity contribution in [2.45, 2.75) is 19.9 Å². The summed E-state index contributed by atoms with van der Waals surface area (Å²) in [6, 6.07) is 9.75. The molecule has 0 spiro atoms. The molecule has 7 nitrogen and oxygen atoms in total. The molecule has 3 aromatic rings. The molecule has 1 aliphatic rings.